The molecule has 1 atom stereocenters. The van der Waals surface area contributed by atoms with Gasteiger partial charge in [-0.1, -0.05) is 11.6 Å². The van der Waals surface area contributed by atoms with Gasteiger partial charge in [0.1, 0.15) is 12.1 Å². The lowest BCUT2D eigenvalue weighted by Crippen LogP contribution is -2.51. The lowest BCUT2D eigenvalue weighted by atomic mass is 10.1. The van der Waals surface area contributed by atoms with Crippen LogP contribution in [0.15, 0.2) is 23.2 Å². The Balaban J connectivity index is 2.02. The van der Waals surface area contributed by atoms with Crippen molar-refractivity contribution in [3.05, 3.63) is 28.8 Å². The summed E-state index contributed by atoms with van der Waals surface area (Å²) in [5, 5.41) is 5.72. The third kappa shape index (κ3) is 6.07. The predicted molar refractivity (Wildman–Crippen MR) is 116 cm³/mol. The van der Waals surface area contributed by atoms with Crippen LogP contribution in [0.3, 0.4) is 0 Å². The molecule has 2 rings (SSSR count). The molecular formula is C19H25Cl2N5O4. The Labute approximate surface area is 185 Å². The van der Waals surface area contributed by atoms with Crippen LogP contribution in [-0.4, -0.2) is 85.8 Å². The first-order valence-corrected chi connectivity index (χ1v) is 10.2. The van der Waals surface area contributed by atoms with Gasteiger partial charge in [0.15, 0.2) is 5.84 Å². The van der Waals surface area contributed by atoms with E-state index in [1.165, 1.54) is 20.2 Å². The van der Waals surface area contributed by atoms with Crippen molar-refractivity contribution in [2.75, 3.05) is 51.5 Å². The molecule has 0 spiro atoms. The summed E-state index contributed by atoms with van der Waals surface area (Å²) < 4.78 is 5.06. The molecule has 0 saturated carbocycles. The number of carbonyl (C=O) groups is 3. The second kappa shape index (κ2) is 11.1. The van der Waals surface area contributed by atoms with Crippen LogP contribution in [-0.2, 0) is 14.3 Å². The van der Waals surface area contributed by atoms with Crippen LogP contribution in [0.4, 0.5) is 5.69 Å². The van der Waals surface area contributed by atoms with Gasteiger partial charge in [-0.3, -0.25) is 19.4 Å². The maximum Gasteiger partial charge on any atom is 0.290 e. The molecule has 0 aromatic heterocycles. The summed E-state index contributed by atoms with van der Waals surface area (Å²) in [6, 6.07) is 4.66. The van der Waals surface area contributed by atoms with Crippen LogP contribution in [0.25, 0.3) is 0 Å². The number of carbonyl (C=O) groups excluding carboxylic acids is 3. The minimum Gasteiger partial charge on any atom is -0.362 e. The van der Waals surface area contributed by atoms with Crippen molar-refractivity contribution in [1.29, 1.82) is 0 Å². The first-order chi connectivity index (χ1) is 14.3. The van der Waals surface area contributed by atoms with E-state index in [1.807, 2.05) is 0 Å². The van der Waals surface area contributed by atoms with Crippen LogP contribution in [0, 0.1) is 0 Å². The van der Waals surface area contributed by atoms with Crippen molar-refractivity contribution < 1.29 is 19.1 Å². The van der Waals surface area contributed by atoms with Crippen LogP contribution in [0.5, 0.6) is 0 Å². The molecule has 164 valence electrons. The van der Waals surface area contributed by atoms with Gasteiger partial charge in [0.2, 0.25) is 5.91 Å². The van der Waals surface area contributed by atoms with E-state index < -0.39 is 12.1 Å². The van der Waals surface area contributed by atoms with Crippen LogP contribution < -0.4 is 10.6 Å². The molecule has 2 N–H and O–H groups in total. The highest BCUT2D eigenvalue weighted by Crippen LogP contribution is 2.23. The molecule has 0 aliphatic carbocycles. The zero-order valence-electron chi connectivity index (χ0n) is 17.1. The number of nitrogens with zero attached hydrogens (tertiary/aromatic N) is 3. The normalized spacial score (nSPS) is 15.6. The molecule has 9 nitrogen and oxygen atoms in total. The molecule has 1 heterocycles. The van der Waals surface area contributed by atoms with Crippen molar-refractivity contribution >= 4 is 52.4 Å². The van der Waals surface area contributed by atoms with Crippen molar-refractivity contribution in [3.8, 4) is 0 Å². The van der Waals surface area contributed by atoms with E-state index in [0.29, 0.717) is 37.4 Å². The first kappa shape index (κ1) is 23.9. The van der Waals surface area contributed by atoms with Gasteiger partial charge in [-0.2, -0.15) is 0 Å². The number of nitrogens with one attached hydrogen (secondary N) is 2. The molecule has 1 saturated heterocycles. The number of methoxy groups -OCH3 is 1. The van der Waals surface area contributed by atoms with Gasteiger partial charge in [-0.25, -0.2) is 0 Å². The number of amidine groups is 1. The molecule has 1 unspecified atom stereocenters. The van der Waals surface area contributed by atoms with Crippen LogP contribution in [0.1, 0.15) is 17.3 Å². The lowest BCUT2D eigenvalue weighted by Gasteiger charge is -2.34. The number of benzene rings is 1. The third-order valence-electron chi connectivity index (χ3n) is 4.62. The number of hydrogen-bond acceptors (Lipinski definition) is 5. The summed E-state index contributed by atoms with van der Waals surface area (Å²) in [6.07, 6.45) is -0.391. The number of anilines is 1. The summed E-state index contributed by atoms with van der Waals surface area (Å²) in [5.41, 5.74) is 0.745. The first-order valence-electron chi connectivity index (χ1n) is 9.30. The van der Waals surface area contributed by atoms with Gasteiger partial charge in [0.05, 0.1) is 10.6 Å². The van der Waals surface area contributed by atoms with Crippen molar-refractivity contribution in [2.24, 2.45) is 4.99 Å². The number of amides is 3. The molecule has 1 aromatic carbocycles. The second-order valence-corrected chi connectivity index (χ2v) is 7.22. The van der Waals surface area contributed by atoms with Gasteiger partial charge >= 0.3 is 0 Å². The Hall–Kier alpha value is -2.36. The maximum atomic E-state index is 12.8. The highest BCUT2D eigenvalue weighted by Gasteiger charge is 2.25. The van der Waals surface area contributed by atoms with E-state index in [2.05, 4.69) is 15.6 Å². The Bertz CT molecular complexity index is 825. The average molecular weight is 458 g/mol. The summed E-state index contributed by atoms with van der Waals surface area (Å²) in [5.74, 6) is -0.813. The maximum absolute atomic E-state index is 12.8. The zero-order chi connectivity index (χ0) is 22.3. The topological polar surface area (TPSA) is 103 Å². The number of halogens is 2. The molecule has 11 heteroatoms. The molecule has 30 heavy (non-hydrogen) atoms. The minimum atomic E-state index is -0.461. The van der Waals surface area contributed by atoms with Gasteiger partial charge in [-0.15, -0.1) is 11.6 Å². The molecule has 0 radical (unpaired) electrons. The van der Waals surface area contributed by atoms with Crippen molar-refractivity contribution in [1.82, 2.24) is 15.1 Å². The van der Waals surface area contributed by atoms with E-state index >= 15 is 0 Å². The number of hydrogen-bond donors (Lipinski definition) is 2. The lowest BCUT2D eigenvalue weighted by molar-refractivity contribution is -0.129. The van der Waals surface area contributed by atoms with Gasteiger partial charge in [0.25, 0.3) is 11.8 Å². The predicted octanol–water partition coefficient (Wildman–Crippen LogP) is 1.41. The van der Waals surface area contributed by atoms with Crippen LogP contribution in [0.2, 0.25) is 5.02 Å². The standard InChI is InChI=1S/C19H25Cl2N5O4/c1-12(30-3)23-17(22-2)18(28)24-13-4-5-14(15(21)10-13)19(29)26-8-6-25(7-9-26)16(27)11-20/h4-5,10,12H,6-9,11H2,1-3H3,(H,22,23)(H,24,28). The molecular weight excluding hydrogens is 433 g/mol. The molecule has 1 fully saturated rings. The Morgan fingerprint density at radius 3 is 2.37 bits per heavy atom. The number of alkyl halides is 1. The van der Waals surface area contributed by atoms with Gasteiger partial charge in [0, 0.05) is 46.0 Å². The van der Waals surface area contributed by atoms with Crippen molar-refractivity contribution in [3.63, 3.8) is 0 Å². The second-order valence-electron chi connectivity index (χ2n) is 6.55. The van der Waals surface area contributed by atoms with Gasteiger partial charge in [-0.05, 0) is 25.1 Å². The Morgan fingerprint density at radius 1 is 1.20 bits per heavy atom. The van der Waals surface area contributed by atoms with Crippen LogP contribution >= 0.6 is 23.2 Å². The Morgan fingerprint density at radius 2 is 1.83 bits per heavy atom. The Kier molecular flexibility index (Phi) is 8.88. The average Bonchev–Trinajstić information content (AvgIpc) is 2.76. The highest BCUT2D eigenvalue weighted by molar-refractivity contribution is 6.42. The fraction of sp³-hybridized carbons (Fsp3) is 0.474. The highest BCUT2D eigenvalue weighted by atomic mass is 35.5. The smallest absolute Gasteiger partial charge is 0.290 e. The van der Waals surface area contributed by atoms with E-state index in [4.69, 9.17) is 27.9 Å². The SMILES string of the molecule is CN=C(NC(C)OC)C(=O)Nc1ccc(C(=O)N2CCN(C(=O)CCl)CC2)c(Cl)c1. The molecule has 3 amide bonds. The largest absolute Gasteiger partial charge is 0.362 e. The van der Waals surface area contributed by atoms with E-state index in [0.717, 1.165) is 0 Å². The summed E-state index contributed by atoms with van der Waals surface area (Å²) in [7, 11) is 2.99. The van der Waals surface area contributed by atoms with E-state index in [1.54, 1.807) is 28.9 Å². The number of rotatable bonds is 5. The van der Waals surface area contributed by atoms with E-state index in [9.17, 15) is 14.4 Å². The third-order valence-corrected chi connectivity index (χ3v) is 5.16. The number of piperazine rings is 1. The zero-order valence-corrected chi connectivity index (χ0v) is 18.6. The molecule has 0 bridgehead atoms. The summed E-state index contributed by atoms with van der Waals surface area (Å²) in [6.45, 7) is 3.39. The minimum absolute atomic E-state index is 0.0721. The monoisotopic (exact) mass is 457 g/mol. The fourth-order valence-electron chi connectivity index (χ4n) is 2.85. The van der Waals surface area contributed by atoms with Gasteiger partial charge < -0.3 is 25.2 Å². The molecule has 1 aromatic rings. The summed E-state index contributed by atoms with van der Waals surface area (Å²) >= 11 is 11.9. The fourth-order valence-corrected chi connectivity index (χ4v) is 3.28. The van der Waals surface area contributed by atoms with Crippen molar-refractivity contribution in [2.45, 2.75) is 13.2 Å². The molecule has 1 aliphatic rings. The van der Waals surface area contributed by atoms with E-state index in [-0.39, 0.29) is 28.6 Å². The quantitative estimate of drug-likeness (QED) is 0.301. The summed E-state index contributed by atoms with van der Waals surface area (Å²) in [4.78, 5) is 44.0. The molecule has 1 aliphatic heterocycles. The number of aliphatic imine (C=N–C) groups is 1. The number of ether oxygens (including phenoxy) is 1.